The van der Waals surface area contributed by atoms with E-state index < -0.39 is 0 Å². The molecule has 2 nitrogen and oxygen atoms in total. The lowest BCUT2D eigenvalue weighted by molar-refractivity contribution is 0.258. The Labute approximate surface area is 111 Å². The molecule has 2 rings (SSSR count). The van der Waals surface area contributed by atoms with E-state index in [1.165, 1.54) is 17.5 Å². The van der Waals surface area contributed by atoms with Crippen LogP contribution < -0.4 is 5.32 Å². The van der Waals surface area contributed by atoms with Gasteiger partial charge in [-0.2, -0.15) is 0 Å². The quantitative estimate of drug-likeness (QED) is 0.819. The molecule has 1 aliphatic heterocycles. The van der Waals surface area contributed by atoms with Crippen molar-refractivity contribution in [1.29, 1.82) is 0 Å². The van der Waals surface area contributed by atoms with Crippen LogP contribution in [0.2, 0.25) is 0 Å². The minimum absolute atomic E-state index is 0.245. The maximum absolute atomic E-state index is 3.47. The lowest BCUT2D eigenvalue weighted by atomic mass is 9.86. The Kier molecular flexibility index (Phi) is 4.08. The highest BCUT2D eigenvalue weighted by molar-refractivity contribution is 5.29. The minimum atomic E-state index is 0.245. The Morgan fingerprint density at radius 2 is 1.78 bits per heavy atom. The van der Waals surface area contributed by atoms with E-state index in [0.29, 0.717) is 6.04 Å². The SMILES string of the molecule is CN1CCNCCC1c1ccc(C(C)(C)C)cc1. The monoisotopic (exact) mass is 246 g/mol. The normalized spacial score (nSPS) is 22.8. The molecule has 1 fully saturated rings. The largest absolute Gasteiger partial charge is 0.315 e. The second-order valence-corrected chi connectivity index (χ2v) is 6.41. The maximum Gasteiger partial charge on any atom is 0.0357 e. The van der Waals surface area contributed by atoms with Gasteiger partial charge in [0.25, 0.3) is 0 Å². The molecule has 2 heteroatoms. The maximum atomic E-state index is 3.47. The van der Waals surface area contributed by atoms with Crippen molar-refractivity contribution in [2.45, 2.75) is 38.6 Å². The van der Waals surface area contributed by atoms with Crippen LogP contribution in [0.15, 0.2) is 24.3 Å². The molecule has 1 aromatic rings. The van der Waals surface area contributed by atoms with E-state index in [-0.39, 0.29) is 5.41 Å². The second-order valence-electron chi connectivity index (χ2n) is 6.41. The summed E-state index contributed by atoms with van der Waals surface area (Å²) in [6.45, 7) is 10.2. The Bertz CT molecular complexity index is 375. The molecular weight excluding hydrogens is 220 g/mol. The zero-order valence-electron chi connectivity index (χ0n) is 12.2. The van der Waals surface area contributed by atoms with Gasteiger partial charge in [0.05, 0.1) is 0 Å². The van der Waals surface area contributed by atoms with Crippen LogP contribution >= 0.6 is 0 Å². The lowest BCUT2D eigenvalue weighted by Gasteiger charge is -2.27. The summed E-state index contributed by atoms with van der Waals surface area (Å²) in [5.41, 5.74) is 3.12. The highest BCUT2D eigenvalue weighted by Gasteiger charge is 2.20. The van der Waals surface area contributed by atoms with E-state index in [2.05, 4.69) is 62.3 Å². The topological polar surface area (TPSA) is 15.3 Å². The predicted molar refractivity (Wildman–Crippen MR) is 78.0 cm³/mol. The molecule has 0 bridgehead atoms. The summed E-state index contributed by atoms with van der Waals surface area (Å²) in [7, 11) is 2.23. The summed E-state index contributed by atoms with van der Waals surface area (Å²) in [6, 6.07) is 9.78. The summed E-state index contributed by atoms with van der Waals surface area (Å²) >= 11 is 0. The summed E-state index contributed by atoms with van der Waals surface area (Å²) in [5, 5.41) is 3.47. The first kappa shape index (κ1) is 13.6. The Hall–Kier alpha value is -0.860. The molecule has 1 N–H and O–H groups in total. The predicted octanol–water partition coefficient (Wildman–Crippen LogP) is 2.95. The average Bonchev–Trinajstić information content (AvgIpc) is 2.53. The fourth-order valence-electron chi connectivity index (χ4n) is 2.62. The summed E-state index contributed by atoms with van der Waals surface area (Å²) in [6.07, 6.45) is 1.20. The molecule has 1 aliphatic rings. The second kappa shape index (κ2) is 5.41. The van der Waals surface area contributed by atoms with E-state index in [1.54, 1.807) is 0 Å². The third-order valence-electron chi connectivity index (χ3n) is 3.93. The fourth-order valence-corrected chi connectivity index (χ4v) is 2.62. The Morgan fingerprint density at radius 1 is 1.11 bits per heavy atom. The fraction of sp³-hybridized carbons (Fsp3) is 0.625. The Morgan fingerprint density at radius 3 is 2.39 bits per heavy atom. The van der Waals surface area contributed by atoms with E-state index in [0.717, 1.165) is 19.6 Å². The number of nitrogens with one attached hydrogen (secondary N) is 1. The zero-order chi connectivity index (χ0) is 13.2. The van der Waals surface area contributed by atoms with Gasteiger partial charge in [-0.05, 0) is 36.6 Å². The number of benzene rings is 1. The highest BCUT2D eigenvalue weighted by atomic mass is 15.2. The molecule has 100 valence electrons. The van der Waals surface area contributed by atoms with Gasteiger partial charge in [0.2, 0.25) is 0 Å². The van der Waals surface area contributed by atoms with Crippen LogP contribution in [0.4, 0.5) is 0 Å². The third-order valence-corrected chi connectivity index (χ3v) is 3.93. The molecule has 0 aliphatic carbocycles. The molecule has 1 atom stereocenters. The van der Waals surface area contributed by atoms with Crippen molar-refractivity contribution in [3.8, 4) is 0 Å². The molecule has 18 heavy (non-hydrogen) atoms. The molecule has 1 unspecified atom stereocenters. The zero-order valence-corrected chi connectivity index (χ0v) is 12.2. The van der Waals surface area contributed by atoms with Crippen molar-refractivity contribution < 1.29 is 0 Å². The van der Waals surface area contributed by atoms with Gasteiger partial charge in [0, 0.05) is 19.1 Å². The van der Waals surface area contributed by atoms with Crippen LogP contribution in [0, 0.1) is 0 Å². The van der Waals surface area contributed by atoms with Crippen molar-refractivity contribution in [2.75, 3.05) is 26.7 Å². The molecule has 0 saturated carbocycles. The smallest absolute Gasteiger partial charge is 0.0357 e. The van der Waals surface area contributed by atoms with Gasteiger partial charge in [0.1, 0.15) is 0 Å². The number of hydrogen-bond donors (Lipinski definition) is 1. The first-order valence-electron chi connectivity index (χ1n) is 7.00. The van der Waals surface area contributed by atoms with E-state index in [4.69, 9.17) is 0 Å². The van der Waals surface area contributed by atoms with Crippen molar-refractivity contribution in [2.24, 2.45) is 0 Å². The van der Waals surface area contributed by atoms with Gasteiger partial charge in [-0.3, -0.25) is 4.90 Å². The molecular formula is C16H26N2. The molecule has 1 aromatic carbocycles. The average molecular weight is 246 g/mol. The summed E-state index contributed by atoms with van der Waals surface area (Å²) in [5.74, 6) is 0. The number of nitrogens with zero attached hydrogens (tertiary/aromatic N) is 1. The number of rotatable bonds is 1. The first-order valence-corrected chi connectivity index (χ1v) is 7.00. The van der Waals surface area contributed by atoms with Crippen molar-refractivity contribution in [3.63, 3.8) is 0 Å². The van der Waals surface area contributed by atoms with Crippen LogP contribution in [0.25, 0.3) is 0 Å². The van der Waals surface area contributed by atoms with Crippen molar-refractivity contribution >= 4 is 0 Å². The van der Waals surface area contributed by atoms with Gasteiger partial charge in [0.15, 0.2) is 0 Å². The van der Waals surface area contributed by atoms with Crippen molar-refractivity contribution in [1.82, 2.24) is 10.2 Å². The van der Waals surface area contributed by atoms with Crippen LogP contribution in [-0.4, -0.2) is 31.6 Å². The van der Waals surface area contributed by atoms with E-state index >= 15 is 0 Å². The van der Waals surface area contributed by atoms with Gasteiger partial charge >= 0.3 is 0 Å². The summed E-state index contributed by atoms with van der Waals surface area (Å²) < 4.78 is 0. The van der Waals surface area contributed by atoms with Crippen LogP contribution in [0.1, 0.15) is 44.4 Å². The lowest BCUT2D eigenvalue weighted by Crippen LogP contribution is -2.26. The van der Waals surface area contributed by atoms with Gasteiger partial charge in [-0.1, -0.05) is 45.0 Å². The van der Waals surface area contributed by atoms with Gasteiger partial charge < -0.3 is 5.32 Å². The van der Waals surface area contributed by atoms with Gasteiger partial charge in [-0.25, -0.2) is 0 Å². The number of likely N-dealkylation sites (N-methyl/N-ethyl adjacent to an activating group) is 1. The van der Waals surface area contributed by atoms with E-state index in [1.807, 2.05) is 0 Å². The van der Waals surface area contributed by atoms with Crippen LogP contribution in [-0.2, 0) is 5.41 Å². The van der Waals surface area contributed by atoms with Crippen LogP contribution in [0.3, 0.4) is 0 Å². The van der Waals surface area contributed by atoms with Crippen molar-refractivity contribution in [3.05, 3.63) is 35.4 Å². The minimum Gasteiger partial charge on any atom is -0.315 e. The molecule has 0 spiro atoms. The van der Waals surface area contributed by atoms with Gasteiger partial charge in [-0.15, -0.1) is 0 Å². The molecule has 0 amide bonds. The van der Waals surface area contributed by atoms with E-state index in [9.17, 15) is 0 Å². The molecule has 1 heterocycles. The first-order chi connectivity index (χ1) is 8.48. The summed E-state index contributed by atoms with van der Waals surface area (Å²) in [4.78, 5) is 2.46. The van der Waals surface area contributed by atoms with Crippen LogP contribution in [0.5, 0.6) is 0 Å². The molecule has 1 saturated heterocycles. The number of hydrogen-bond acceptors (Lipinski definition) is 2. The molecule has 0 radical (unpaired) electrons. The Balaban J connectivity index is 2.17. The third kappa shape index (κ3) is 3.12. The molecule has 0 aromatic heterocycles. The highest BCUT2D eigenvalue weighted by Crippen LogP contribution is 2.27. The standard InChI is InChI=1S/C16H26N2/c1-16(2,3)14-7-5-13(6-8-14)15-9-10-17-11-12-18(15)4/h5-8,15,17H,9-12H2,1-4H3.